The summed E-state index contributed by atoms with van der Waals surface area (Å²) in [7, 11) is 0. The molecule has 21 heavy (non-hydrogen) atoms. The number of amides is 1. The van der Waals surface area contributed by atoms with Gasteiger partial charge in [0.05, 0.1) is 5.56 Å². The van der Waals surface area contributed by atoms with E-state index in [9.17, 15) is 4.79 Å². The van der Waals surface area contributed by atoms with Crippen LogP contribution in [0.1, 0.15) is 30.1 Å². The first-order valence-corrected chi connectivity index (χ1v) is 7.62. The number of likely N-dealkylation sites (tertiary alicyclic amines) is 1. The van der Waals surface area contributed by atoms with E-state index in [0.717, 1.165) is 19.4 Å². The Bertz CT molecular complexity index is 532. The Hall–Kier alpha value is -1.75. The van der Waals surface area contributed by atoms with E-state index in [1.54, 1.807) is 0 Å². The van der Waals surface area contributed by atoms with Gasteiger partial charge in [0.15, 0.2) is 11.5 Å². The van der Waals surface area contributed by atoms with E-state index in [1.807, 2.05) is 23.1 Å². The van der Waals surface area contributed by atoms with E-state index in [0.29, 0.717) is 42.7 Å². The van der Waals surface area contributed by atoms with Gasteiger partial charge >= 0.3 is 0 Å². The van der Waals surface area contributed by atoms with Gasteiger partial charge in [-0.3, -0.25) is 4.79 Å². The quantitative estimate of drug-likeness (QED) is 0.899. The average molecular weight is 290 g/mol. The zero-order valence-electron chi connectivity index (χ0n) is 12.4. The summed E-state index contributed by atoms with van der Waals surface area (Å²) in [6, 6.07) is 5.59. The third-order valence-corrected chi connectivity index (χ3v) is 4.41. The first-order chi connectivity index (χ1) is 10.2. The predicted octanol–water partition coefficient (Wildman–Crippen LogP) is 1.66. The fourth-order valence-electron chi connectivity index (χ4n) is 3.26. The number of nitrogens with two attached hydrogens (primary N) is 1. The highest BCUT2D eigenvalue weighted by molar-refractivity contribution is 5.98. The van der Waals surface area contributed by atoms with Crippen LogP contribution in [0.2, 0.25) is 0 Å². The van der Waals surface area contributed by atoms with Crippen molar-refractivity contribution in [3.05, 3.63) is 23.8 Å². The van der Waals surface area contributed by atoms with Gasteiger partial charge in [-0.2, -0.15) is 0 Å². The fourth-order valence-corrected chi connectivity index (χ4v) is 3.26. The average Bonchev–Trinajstić information content (AvgIpc) is 2.53. The van der Waals surface area contributed by atoms with Crippen LogP contribution in [-0.4, -0.2) is 43.2 Å². The summed E-state index contributed by atoms with van der Waals surface area (Å²) in [5, 5.41) is 0. The van der Waals surface area contributed by atoms with Gasteiger partial charge in [0.2, 0.25) is 0 Å². The van der Waals surface area contributed by atoms with Crippen molar-refractivity contribution in [2.75, 3.05) is 26.3 Å². The maximum absolute atomic E-state index is 12.9. The van der Waals surface area contributed by atoms with Crippen LogP contribution in [0.5, 0.6) is 11.5 Å². The monoisotopic (exact) mass is 290 g/mol. The number of carbonyl (C=O) groups is 1. The Morgan fingerprint density at radius 2 is 2.19 bits per heavy atom. The van der Waals surface area contributed by atoms with Crippen LogP contribution in [0.3, 0.4) is 0 Å². The molecule has 1 fully saturated rings. The van der Waals surface area contributed by atoms with Crippen molar-refractivity contribution in [3.63, 3.8) is 0 Å². The van der Waals surface area contributed by atoms with Crippen molar-refractivity contribution >= 4 is 5.91 Å². The molecule has 0 aliphatic carbocycles. The van der Waals surface area contributed by atoms with Gasteiger partial charge < -0.3 is 20.1 Å². The number of carbonyl (C=O) groups excluding carboxylic acids is 1. The van der Waals surface area contributed by atoms with Crippen LogP contribution in [0.4, 0.5) is 0 Å². The molecule has 5 heteroatoms. The number of benzene rings is 1. The van der Waals surface area contributed by atoms with E-state index in [4.69, 9.17) is 15.2 Å². The summed E-state index contributed by atoms with van der Waals surface area (Å²) in [6.45, 7) is 4.43. The molecule has 2 aliphatic heterocycles. The Labute approximate surface area is 125 Å². The van der Waals surface area contributed by atoms with Gasteiger partial charge in [0.25, 0.3) is 5.91 Å². The third kappa shape index (κ3) is 2.58. The largest absolute Gasteiger partial charge is 0.486 e. The Morgan fingerprint density at radius 1 is 1.38 bits per heavy atom. The maximum atomic E-state index is 12.9. The number of fused-ring (bicyclic) bond motifs is 1. The lowest BCUT2D eigenvalue weighted by molar-refractivity contribution is 0.0524. The lowest BCUT2D eigenvalue weighted by Crippen LogP contribution is -2.51. The highest BCUT2D eigenvalue weighted by Crippen LogP contribution is 2.35. The number of hydrogen-bond acceptors (Lipinski definition) is 4. The van der Waals surface area contributed by atoms with E-state index in [1.165, 1.54) is 0 Å². The second-order valence-electron chi connectivity index (χ2n) is 5.75. The van der Waals surface area contributed by atoms with Crippen LogP contribution in [0, 0.1) is 5.92 Å². The van der Waals surface area contributed by atoms with Crippen molar-refractivity contribution in [1.29, 1.82) is 0 Å². The Kier molecular flexibility index (Phi) is 4.01. The molecule has 1 amide bonds. The molecular formula is C16H22N2O3. The van der Waals surface area contributed by atoms with Crippen molar-refractivity contribution in [3.8, 4) is 11.5 Å². The Balaban J connectivity index is 1.91. The first kappa shape index (κ1) is 14.2. The molecule has 0 bridgehead atoms. The molecule has 2 aliphatic rings. The molecule has 3 rings (SSSR count). The summed E-state index contributed by atoms with van der Waals surface area (Å²) < 4.78 is 11.2. The topological polar surface area (TPSA) is 64.8 Å². The number of hydrogen-bond donors (Lipinski definition) is 1. The van der Waals surface area contributed by atoms with Crippen LogP contribution < -0.4 is 15.2 Å². The molecule has 2 N–H and O–H groups in total. The molecule has 0 saturated carbocycles. The van der Waals surface area contributed by atoms with Crippen LogP contribution >= 0.6 is 0 Å². The second-order valence-corrected chi connectivity index (χ2v) is 5.75. The Morgan fingerprint density at radius 3 is 3.00 bits per heavy atom. The zero-order chi connectivity index (χ0) is 14.8. The predicted molar refractivity (Wildman–Crippen MR) is 79.7 cm³/mol. The molecule has 0 unspecified atom stereocenters. The molecule has 1 saturated heterocycles. The van der Waals surface area contributed by atoms with Gasteiger partial charge in [-0.1, -0.05) is 13.0 Å². The molecule has 5 nitrogen and oxygen atoms in total. The smallest absolute Gasteiger partial charge is 0.258 e. The molecule has 114 valence electrons. The van der Waals surface area contributed by atoms with Crippen molar-refractivity contribution < 1.29 is 14.3 Å². The molecule has 2 atom stereocenters. The van der Waals surface area contributed by atoms with Gasteiger partial charge in [-0.15, -0.1) is 0 Å². The number of piperidine rings is 1. The summed E-state index contributed by atoms with van der Waals surface area (Å²) in [6.07, 6.45) is 2.15. The molecule has 1 aromatic carbocycles. The fraction of sp³-hybridized carbons (Fsp3) is 0.562. The van der Waals surface area contributed by atoms with E-state index in [-0.39, 0.29) is 11.9 Å². The molecule has 0 spiro atoms. The molecule has 2 heterocycles. The van der Waals surface area contributed by atoms with Gasteiger partial charge in [-0.25, -0.2) is 0 Å². The lowest BCUT2D eigenvalue weighted by Gasteiger charge is -2.39. The molecule has 0 aromatic heterocycles. The summed E-state index contributed by atoms with van der Waals surface area (Å²) in [4.78, 5) is 14.8. The number of para-hydroxylation sites is 1. The summed E-state index contributed by atoms with van der Waals surface area (Å²) in [5.41, 5.74) is 6.47. The normalized spacial score (nSPS) is 24.8. The van der Waals surface area contributed by atoms with Crippen molar-refractivity contribution in [2.45, 2.75) is 25.8 Å². The van der Waals surface area contributed by atoms with Crippen LogP contribution in [-0.2, 0) is 0 Å². The highest BCUT2D eigenvalue weighted by atomic mass is 16.6. The standard InChI is InChI=1S/C16H22N2O3/c1-11-4-3-7-18(13(11)10-17)16(19)12-5-2-6-14-15(12)21-9-8-20-14/h2,5-6,11,13H,3-4,7-10,17H2,1H3/t11-,13-/m1/s1. The lowest BCUT2D eigenvalue weighted by atomic mass is 9.90. The molecule has 1 aromatic rings. The second kappa shape index (κ2) is 5.93. The maximum Gasteiger partial charge on any atom is 0.258 e. The van der Waals surface area contributed by atoms with Crippen molar-refractivity contribution in [1.82, 2.24) is 4.90 Å². The van der Waals surface area contributed by atoms with Crippen LogP contribution in [0.25, 0.3) is 0 Å². The summed E-state index contributed by atoms with van der Waals surface area (Å²) in [5.74, 6) is 1.66. The molecule has 0 radical (unpaired) electrons. The minimum Gasteiger partial charge on any atom is -0.486 e. The van der Waals surface area contributed by atoms with Gasteiger partial charge in [-0.05, 0) is 30.9 Å². The van der Waals surface area contributed by atoms with E-state index >= 15 is 0 Å². The van der Waals surface area contributed by atoms with Gasteiger partial charge in [0.1, 0.15) is 13.2 Å². The number of nitrogens with zero attached hydrogens (tertiary/aromatic N) is 1. The first-order valence-electron chi connectivity index (χ1n) is 7.62. The minimum absolute atomic E-state index is 0.000602. The van der Waals surface area contributed by atoms with Crippen LogP contribution in [0.15, 0.2) is 18.2 Å². The minimum atomic E-state index is -0.000602. The SMILES string of the molecule is C[C@@H]1CCCN(C(=O)c2cccc3c2OCCO3)[C@@H]1CN. The highest BCUT2D eigenvalue weighted by Gasteiger charge is 2.33. The zero-order valence-corrected chi connectivity index (χ0v) is 12.4. The summed E-state index contributed by atoms with van der Waals surface area (Å²) >= 11 is 0. The van der Waals surface area contributed by atoms with Crippen molar-refractivity contribution in [2.24, 2.45) is 11.7 Å². The van der Waals surface area contributed by atoms with E-state index in [2.05, 4.69) is 6.92 Å². The third-order valence-electron chi connectivity index (χ3n) is 4.41. The number of ether oxygens (including phenoxy) is 2. The van der Waals surface area contributed by atoms with E-state index < -0.39 is 0 Å². The molecular weight excluding hydrogens is 268 g/mol. The van der Waals surface area contributed by atoms with Gasteiger partial charge in [0, 0.05) is 19.1 Å². The number of rotatable bonds is 2.